The third kappa shape index (κ3) is 8.09. The first-order valence-electron chi connectivity index (χ1n) is 10.0. The van der Waals surface area contributed by atoms with Crippen LogP contribution in [0.5, 0.6) is 5.75 Å². The van der Waals surface area contributed by atoms with E-state index >= 15 is 0 Å². The quantitative estimate of drug-likeness (QED) is 0.539. The van der Waals surface area contributed by atoms with Gasteiger partial charge in [-0.15, -0.1) is 0 Å². The molecule has 0 saturated carbocycles. The molecule has 31 heavy (non-hydrogen) atoms. The fraction of sp³-hybridized carbons (Fsp3) is 0.591. The summed E-state index contributed by atoms with van der Waals surface area (Å²) in [4.78, 5) is 39.4. The molecule has 9 nitrogen and oxygen atoms in total. The summed E-state index contributed by atoms with van der Waals surface area (Å²) >= 11 is 0. The minimum absolute atomic E-state index is 0.0625. The number of aromatic hydroxyl groups is 1. The first-order chi connectivity index (χ1) is 14.1. The van der Waals surface area contributed by atoms with Gasteiger partial charge in [-0.05, 0) is 71.7 Å². The van der Waals surface area contributed by atoms with Gasteiger partial charge in [0.15, 0.2) is 0 Å². The highest BCUT2D eigenvalue weighted by molar-refractivity contribution is 5.92. The Morgan fingerprint density at radius 3 is 2.16 bits per heavy atom. The number of carbonyl (C=O) groups excluding carboxylic acids is 3. The molecule has 0 aromatic heterocycles. The molecule has 174 valence electrons. The number of phenolic OH excluding ortho intramolecular Hbond substituents is 1. The highest BCUT2D eigenvalue weighted by Gasteiger charge is 2.35. The van der Waals surface area contributed by atoms with Crippen LogP contribution in [-0.2, 0) is 14.3 Å². The van der Waals surface area contributed by atoms with Crippen molar-refractivity contribution in [3.05, 3.63) is 29.3 Å². The molecule has 0 heterocycles. The zero-order chi connectivity index (χ0) is 24.1. The second-order valence-electron chi connectivity index (χ2n) is 9.52. The molecule has 0 bridgehead atoms. The number of aliphatic hydroxyl groups is 1. The molecule has 1 aromatic carbocycles. The maximum Gasteiger partial charge on any atom is 0.408 e. The summed E-state index contributed by atoms with van der Waals surface area (Å²) in [5.41, 5.74) is -0.326. The van der Waals surface area contributed by atoms with Crippen LogP contribution >= 0.6 is 0 Å². The molecule has 1 aromatic rings. The van der Waals surface area contributed by atoms with E-state index < -0.39 is 47.7 Å². The molecule has 2 unspecified atom stereocenters. The minimum atomic E-state index is -1.30. The fourth-order valence-electron chi connectivity index (χ4n) is 2.85. The summed E-state index contributed by atoms with van der Waals surface area (Å²) in [6, 6.07) is 2.25. The number of phenols is 1. The number of alkyl carbamates (subject to hydrolysis) is 1. The molecule has 9 heteroatoms. The zero-order valence-corrected chi connectivity index (χ0v) is 19.6. The van der Waals surface area contributed by atoms with Crippen molar-refractivity contribution in [3.63, 3.8) is 0 Å². The molecule has 0 aliphatic carbocycles. The van der Waals surface area contributed by atoms with Gasteiger partial charge in [-0.2, -0.15) is 0 Å². The van der Waals surface area contributed by atoms with Gasteiger partial charge in [-0.3, -0.25) is 9.59 Å². The van der Waals surface area contributed by atoms with Crippen molar-refractivity contribution in [2.45, 2.75) is 71.7 Å². The largest absolute Gasteiger partial charge is 0.508 e. The van der Waals surface area contributed by atoms with Crippen LogP contribution in [-0.4, -0.2) is 63.9 Å². The van der Waals surface area contributed by atoms with E-state index in [9.17, 15) is 24.6 Å². The van der Waals surface area contributed by atoms with E-state index in [1.807, 2.05) is 20.8 Å². The number of amides is 3. The number of likely N-dealkylation sites (N-methyl/N-ethyl adjacent to an activating group) is 1. The molecular formula is C22H35N3O6. The van der Waals surface area contributed by atoms with Crippen molar-refractivity contribution in [1.82, 2.24) is 15.5 Å². The van der Waals surface area contributed by atoms with Crippen molar-refractivity contribution < 1.29 is 29.3 Å². The van der Waals surface area contributed by atoms with Crippen LogP contribution < -0.4 is 10.6 Å². The molecule has 1 rings (SSSR count). The Morgan fingerprint density at radius 1 is 1.13 bits per heavy atom. The Kier molecular flexibility index (Phi) is 8.46. The van der Waals surface area contributed by atoms with E-state index in [4.69, 9.17) is 4.74 Å². The normalized spacial score (nSPS) is 13.7. The van der Waals surface area contributed by atoms with Crippen LogP contribution in [0.25, 0.3) is 0 Å². The number of aryl methyl sites for hydroxylation is 1. The molecular weight excluding hydrogens is 402 g/mol. The third-order valence-corrected chi connectivity index (χ3v) is 4.19. The van der Waals surface area contributed by atoms with Crippen LogP contribution in [0.1, 0.15) is 58.7 Å². The average molecular weight is 438 g/mol. The maximum atomic E-state index is 13.1. The standard InChI is InChI=1S/C22H35N3O6/c1-13-11-14(9-10-16(13)27)17(18(28)24-21(2,3)4)25(8)19(29)15(12-26)23-20(30)31-22(5,6)7/h9-11,15,17,26-27H,12H2,1-8H3,(H,23,30)(H,24,28). The number of rotatable bonds is 6. The van der Waals surface area contributed by atoms with Gasteiger partial charge in [-0.25, -0.2) is 4.79 Å². The molecule has 4 N–H and O–H groups in total. The zero-order valence-electron chi connectivity index (χ0n) is 19.6. The maximum absolute atomic E-state index is 13.1. The van der Waals surface area contributed by atoms with Gasteiger partial charge in [-0.1, -0.05) is 6.07 Å². The van der Waals surface area contributed by atoms with Crippen LogP contribution in [0.4, 0.5) is 4.79 Å². The highest BCUT2D eigenvalue weighted by atomic mass is 16.6. The second-order valence-corrected chi connectivity index (χ2v) is 9.52. The Morgan fingerprint density at radius 2 is 1.71 bits per heavy atom. The van der Waals surface area contributed by atoms with Crippen LogP contribution in [0.2, 0.25) is 0 Å². The van der Waals surface area contributed by atoms with E-state index in [1.165, 1.54) is 13.1 Å². The Balaban J connectivity index is 3.23. The number of hydrogen-bond acceptors (Lipinski definition) is 6. The van der Waals surface area contributed by atoms with E-state index in [-0.39, 0.29) is 5.75 Å². The van der Waals surface area contributed by atoms with Crippen LogP contribution in [0.3, 0.4) is 0 Å². The van der Waals surface area contributed by atoms with E-state index in [0.29, 0.717) is 11.1 Å². The Bertz CT molecular complexity index is 810. The molecule has 3 amide bonds. The van der Waals surface area contributed by atoms with E-state index in [2.05, 4.69) is 10.6 Å². The lowest BCUT2D eigenvalue weighted by Gasteiger charge is -2.33. The molecule has 0 saturated heterocycles. The van der Waals surface area contributed by atoms with Gasteiger partial charge in [0.05, 0.1) is 6.61 Å². The topological polar surface area (TPSA) is 128 Å². The van der Waals surface area contributed by atoms with Gasteiger partial charge in [0.25, 0.3) is 0 Å². The number of hydrogen-bond donors (Lipinski definition) is 4. The molecule has 2 atom stereocenters. The van der Waals surface area contributed by atoms with Gasteiger partial charge < -0.3 is 30.5 Å². The SMILES string of the molecule is Cc1cc(C(C(=O)NC(C)(C)C)N(C)C(=O)C(CO)NC(=O)OC(C)(C)C)ccc1O. The highest BCUT2D eigenvalue weighted by Crippen LogP contribution is 2.26. The van der Waals surface area contributed by atoms with Crippen molar-refractivity contribution in [3.8, 4) is 5.75 Å². The predicted octanol–water partition coefficient (Wildman–Crippen LogP) is 2.00. The van der Waals surface area contributed by atoms with E-state index in [0.717, 1.165) is 4.90 Å². The molecule has 0 aliphatic rings. The van der Waals surface area contributed by atoms with Gasteiger partial charge in [0.2, 0.25) is 11.8 Å². The van der Waals surface area contributed by atoms with E-state index in [1.54, 1.807) is 39.8 Å². The molecule has 0 spiro atoms. The first kappa shape index (κ1) is 26.2. The predicted molar refractivity (Wildman–Crippen MR) is 116 cm³/mol. The van der Waals surface area contributed by atoms with Crippen LogP contribution in [0.15, 0.2) is 18.2 Å². The van der Waals surface area contributed by atoms with Gasteiger partial charge >= 0.3 is 6.09 Å². The van der Waals surface area contributed by atoms with Crippen molar-refractivity contribution in [1.29, 1.82) is 0 Å². The fourth-order valence-corrected chi connectivity index (χ4v) is 2.85. The number of aliphatic hydroxyl groups excluding tert-OH is 1. The molecule has 0 radical (unpaired) electrons. The number of nitrogens with zero attached hydrogens (tertiary/aromatic N) is 1. The lowest BCUT2D eigenvalue weighted by Crippen LogP contribution is -2.54. The average Bonchev–Trinajstić information content (AvgIpc) is 2.59. The summed E-state index contributed by atoms with van der Waals surface area (Å²) in [5, 5.41) is 24.7. The van der Waals surface area contributed by atoms with Gasteiger partial charge in [0.1, 0.15) is 23.4 Å². The monoisotopic (exact) mass is 437 g/mol. The third-order valence-electron chi connectivity index (χ3n) is 4.19. The summed E-state index contributed by atoms with van der Waals surface area (Å²) in [6.45, 7) is 11.5. The molecule has 0 aliphatic heterocycles. The number of nitrogens with one attached hydrogen (secondary N) is 2. The Hall–Kier alpha value is -2.81. The number of benzene rings is 1. The second kappa shape index (κ2) is 10.00. The summed E-state index contributed by atoms with van der Waals surface area (Å²) in [5.74, 6) is -1.05. The summed E-state index contributed by atoms with van der Waals surface area (Å²) in [6.07, 6.45) is -0.857. The number of carbonyl (C=O) groups is 3. The summed E-state index contributed by atoms with van der Waals surface area (Å²) < 4.78 is 5.15. The lowest BCUT2D eigenvalue weighted by atomic mass is 9.99. The minimum Gasteiger partial charge on any atom is -0.508 e. The lowest BCUT2D eigenvalue weighted by molar-refractivity contribution is -0.142. The number of ether oxygens (including phenoxy) is 1. The first-order valence-corrected chi connectivity index (χ1v) is 10.0. The smallest absolute Gasteiger partial charge is 0.408 e. The Labute approximate surface area is 183 Å². The van der Waals surface area contributed by atoms with Crippen molar-refractivity contribution in [2.75, 3.05) is 13.7 Å². The van der Waals surface area contributed by atoms with Crippen molar-refractivity contribution >= 4 is 17.9 Å². The van der Waals surface area contributed by atoms with Crippen LogP contribution in [0, 0.1) is 6.92 Å². The van der Waals surface area contributed by atoms with Gasteiger partial charge in [0, 0.05) is 12.6 Å². The molecule has 0 fully saturated rings. The van der Waals surface area contributed by atoms with Crippen molar-refractivity contribution in [2.24, 2.45) is 0 Å². The summed E-state index contributed by atoms with van der Waals surface area (Å²) in [7, 11) is 1.41.